The van der Waals surface area contributed by atoms with E-state index in [1.54, 1.807) is 6.92 Å². The summed E-state index contributed by atoms with van der Waals surface area (Å²) >= 11 is 0. The third-order valence-electron chi connectivity index (χ3n) is 2.65. The zero-order chi connectivity index (χ0) is 14.3. The summed E-state index contributed by atoms with van der Waals surface area (Å²) in [6, 6.07) is -0.547. The fourth-order valence-electron chi connectivity index (χ4n) is 1.29. The highest BCUT2D eigenvalue weighted by molar-refractivity contribution is 5.94. The summed E-state index contributed by atoms with van der Waals surface area (Å²) in [6.07, 6.45) is 0.672. The van der Waals surface area contributed by atoms with E-state index in [2.05, 4.69) is 10.6 Å². The predicted molar refractivity (Wildman–Crippen MR) is 67.1 cm³/mol. The third-order valence-corrected chi connectivity index (χ3v) is 2.65. The monoisotopic (exact) mass is 258 g/mol. The number of carboxylic acid groups (broad SMARTS) is 1. The van der Waals surface area contributed by atoms with Crippen LogP contribution >= 0.6 is 0 Å². The smallest absolute Gasteiger partial charge is 0.321 e. The second kappa shape index (κ2) is 6.98. The topological polar surface area (TPSA) is 95.5 Å². The van der Waals surface area contributed by atoms with Crippen molar-refractivity contribution in [2.75, 3.05) is 0 Å². The minimum absolute atomic E-state index is 0.0201. The van der Waals surface area contributed by atoms with E-state index in [0.717, 1.165) is 6.42 Å². The Bertz CT molecular complexity index is 326. The summed E-state index contributed by atoms with van der Waals surface area (Å²) in [5.41, 5.74) is -0.378. The number of rotatable bonds is 6. The Hall–Kier alpha value is -1.59. The molecular formula is C12H22N2O4. The van der Waals surface area contributed by atoms with Gasteiger partial charge >= 0.3 is 12.0 Å². The Balaban J connectivity index is 4.09. The van der Waals surface area contributed by atoms with Crippen molar-refractivity contribution in [2.45, 2.75) is 52.5 Å². The summed E-state index contributed by atoms with van der Waals surface area (Å²) in [4.78, 5) is 33.4. The third kappa shape index (κ3) is 7.65. The molecule has 0 saturated heterocycles. The second-order valence-electron chi connectivity index (χ2n) is 5.15. The first kappa shape index (κ1) is 16.4. The van der Waals surface area contributed by atoms with Gasteiger partial charge < -0.3 is 10.4 Å². The molecule has 6 nitrogen and oxygen atoms in total. The van der Waals surface area contributed by atoms with Crippen LogP contribution in [0.5, 0.6) is 0 Å². The number of nitrogens with one attached hydrogen (secondary N) is 2. The highest BCUT2D eigenvalue weighted by atomic mass is 16.4. The maximum Gasteiger partial charge on any atom is 0.321 e. The molecule has 0 saturated carbocycles. The van der Waals surface area contributed by atoms with Crippen LogP contribution in [-0.2, 0) is 9.59 Å². The summed E-state index contributed by atoms with van der Waals surface area (Å²) in [5, 5.41) is 13.4. The van der Waals surface area contributed by atoms with Crippen molar-refractivity contribution in [3.05, 3.63) is 0 Å². The van der Waals surface area contributed by atoms with Crippen molar-refractivity contribution in [3.63, 3.8) is 0 Å². The van der Waals surface area contributed by atoms with Gasteiger partial charge in [0, 0.05) is 18.4 Å². The molecule has 0 aromatic carbocycles. The minimum atomic E-state index is -0.952. The Labute approximate surface area is 107 Å². The van der Waals surface area contributed by atoms with E-state index in [9.17, 15) is 14.4 Å². The van der Waals surface area contributed by atoms with E-state index >= 15 is 0 Å². The lowest BCUT2D eigenvalue weighted by Gasteiger charge is -2.24. The van der Waals surface area contributed by atoms with Crippen molar-refractivity contribution in [1.82, 2.24) is 10.6 Å². The van der Waals surface area contributed by atoms with Crippen LogP contribution in [0.2, 0.25) is 0 Å². The van der Waals surface area contributed by atoms with Crippen molar-refractivity contribution < 1.29 is 19.5 Å². The van der Waals surface area contributed by atoms with Crippen LogP contribution in [0.3, 0.4) is 0 Å². The lowest BCUT2D eigenvalue weighted by Crippen LogP contribution is -2.49. The Morgan fingerprint density at radius 3 is 2.22 bits per heavy atom. The van der Waals surface area contributed by atoms with Crippen LogP contribution in [0, 0.1) is 5.92 Å². The molecule has 1 unspecified atom stereocenters. The summed E-state index contributed by atoms with van der Waals surface area (Å²) in [5.74, 6) is -1.71. The lowest BCUT2D eigenvalue weighted by atomic mass is 10.0. The molecule has 3 N–H and O–H groups in total. The first-order chi connectivity index (χ1) is 8.16. The fraction of sp³-hybridized carbons (Fsp3) is 0.750. The molecule has 3 amide bonds. The number of imide groups is 1. The Morgan fingerprint density at radius 2 is 1.78 bits per heavy atom. The van der Waals surface area contributed by atoms with Gasteiger partial charge in [0.05, 0.1) is 0 Å². The van der Waals surface area contributed by atoms with E-state index in [1.165, 1.54) is 0 Å². The number of hydrogen-bond acceptors (Lipinski definition) is 3. The molecule has 0 spiro atoms. The number of carbonyl (C=O) groups is 3. The molecule has 0 bridgehead atoms. The van der Waals surface area contributed by atoms with E-state index in [-0.39, 0.29) is 24.3 Å². The van der Waals surface area contributed by atoms with Gasteiger partial charge in [-0.25, -0.2) is 4.79 Å². The largest absolute Gasteiger partial charge is 0.481 e. The van der Waals surface area contributed by atoms with Gasteiger partial charge in [0.15, 0.2) is 0 Å². The second-order valence-corrected chi connectivity index (χ2v) is 5.15. The SMILES string of the molecule is CCC(C)(C)NC(=O)NC(=O)CC(C)CC(=O)O. The highest BCUT2D eigenvalue weighted by Crippen LogP contribution is 2.08. The number of amides is 3. The normalized spacial score (nSPS) is 12.7. The average molecular weight is 258 g/mol. The van der Waals surface area contributed by atoms with Crippen LogP contribution in [0.15, 0.2) is 0 Å². The zero-order valence-corrected chi connectivity index (χ0v) is 11.4. The molecule has 0 aliphatic heterocycles. The van der Waals surface area contributed by atoms with Crippen LogP contribution in [0.1, 0.15) is 47.0 Å². The molecule has 18 heavy (non-hydrogen) atoms. The molecule has 0 heterocycles. The van der Waals surface area contributed by atoms with Crippen molar-refractivity contribution >= 4 is 17.9 Å². The molecule has 0 aliphatic carbocycles. The van der Waals surface area contributed by atoms with Crippen molar-refractivity contribution in [2.24, 2.45) is 5.92 Å². The van der Waals surface area contributed by atoms with Crippen molar-refractivity contribution in [1.29, 1.82) is 0 Å². The first-order valence-electron chi connectivity index (χ1n) is 6.00. The molecular weight excluding hydrogens is 236 g/mol. The van der Waals surface area contributed by atoms with Crippen molar-refractivity contribution in [3.8, 4) is 0 Å². The van der Waals surface area contributed by atoms with Gasteiger partial charge in [-0.3, -0.25) is 14.9 Å². The van der Waals surface area contributed by atoms with E-state index in [0.29, 0.717) is 0 Å². The predicted octanol–water partition coefficient (Wildman–Crippen LogP) is 1.50. The first-order valence-corrected chi connectivity index (χ1v) is 6.00. The van der Waals surface area contributed by atoms with E-state index in [4.69, 9.17) is 5.11 Å². The summed E-state index contributed by atoms with van der Waals surface area (Å²) in [7, 11) is 0. The maximum absolute atomic E-state index is 11.5. The van der Waals surface area contributed by atoms with E-state index in [1.807, 2.05) is 20.8 Å². The van der Waals surface area contributed by atoms with Gasteiger partial charge in [0.2, 0.25) is 5.91 Å². The number of urea groups is 1. The van der Waals surface area contributed by atoms with Crippen LogP contribution in [0.25, 0.3) is 0 Å². The summed E-state index contributed by atoms with van der Waals surface area (Å²) < 4.78 is 0. The lowest BCUT2D eigenvalue weighted by molar-refractivity contribution is -0.138. The van der Waals surface area contributed by atoms with Gasteiger partial charge in [0.1, 0.15) is 0 Å². The standard InChI is InChI=1S/C12H22N2O4/c1-5-12(3,4)14-11(18)13-9(15)6-8(2)7-10(16)17/h8H,5-7H2,1-4H3,(H,16,17)(H2,13,14,15,18). The minimum Gasteiger partial charge on any atom is -0.481 e. The van der Waals surface area contributed by atoms with Gasteiger partial charge in [-0.05, 0) is 26.2 Å². The molecule has 6 heteroatoms. The highest BCUT2D eigenvalue weighted by Gasteiger charge is 2.20. The average Bonchev–Trinajstić information content (AvgIpc) is 2.14. The van der Waals surface area contributed by atoms with Crippen LogP contribution in [0.4, 0.5) is 4.79 Å². The molecule has 0 fully saturated rings. The molecule has 0 rings (SSSR count). The molecule has 0 aliphatic rings. The molecule has 0 aromatic rings. The Morgan fingerprint density at radius 1 is 1.22 bits per heavy atom. The number of carboxylic acids is 1. The van der Waals surface area contributed by atoms with Gasteiger partial charge in [-0.1, -0.05) is 13.8 Å². The molecule has 1 atom stereocenters. The molecule has 104 valence electrons. The summed E-state index contributed by atoms with van der Waals surface area (Å²) in [6.45, 7) is 7.28. The van der Waals surface area contributed by atoms with Gasteiger partial charge in [0.25, 0.3) is 0 Å². The molecule has 0 aromatic heterocycles. The van der Waals surface area contributed by atoms with Gasteiger partial charge in [-0.15, -0.1) is 0 Å². The molecule has 0 radical (unpaired) electrons. The number of aliphatic carboxylic acids is 1. The van der Waals surface area contributed by atoms with Crippen LogP contribution < -0.4 is 10.6 Å². The van der Waals surface area contributed by atoms with Crippen LogP contribution in [-0.4, -0.2) is 28.6 Å². The van der Waals surface area contributed by atoms with E-state index < -0.39 is 17.9 Å². The number of carbonyl (C=O) groups excluding carboxylic acids is 2. The number of hydrogen-bond donors (Lipinski definition) is 3. The zero-order valence-electron chi connectivity index (χ0n) is 11.4. The fourth-order valence-corrected chi connectivity index (χ4v) is 1.29. The maximum atomic E-state index is 11.5. The van der Waals surface area contributed by atoms with Gasteiger partial charge in [-0.2, -0.15) is 0 Å². The quantitative estimate of drug-likeness (QED) is 0.672. The Kier molecular flexibility index (Phi) is 6.36.